The van der Waals surface area contributed by atoms with E-state index in [0.29, 0.717) is 22.4 Å². The van der Waals surface area contributed by atoms with Gasteiger partial charge in [-0.2, -0.15) is 5.10 Å². The molecule has 1 heterocycles. The van der Waals surface area contributed by atoms with Crippen LogP contribution in [0, 0.1) is 5.82 Å². The molecule has 0 aliphatic rings. The van der Waals surface area contributed by atoms with Crippen LogP contribution in [-0.2, 0) is 6.54 Å². The number of nitrogens with zero attached hydrogens (tertiary/aromatic N) is 2. The highest BCUT2D eigenvalue weighted by Crippen LogP contribution is 2.22. The van der Waals surface area contributed by atoms with Gasteiger partial charge in [-0.3, -0.25) is 9.48 Å². The summed E-state index contributed by atoms with van der Waals surface area (Å²) in [5.41, 5.74) is 0.809. The molecule has 1 amide bonds. The number of aromatic nitrogens is 2. The van der Waals surface area contributed by atoms with E-state index < -0.39 is 11.7 Å². The van der Waals surface area contributed by atoms with Gasteiger partial charge in [-0.1, -0.05) is 41.4 Å². The molecule has 0 unspecified atom stereocenters. The lowest BCUT2D eigenvalue weighted by atomic mass is 10.2. The van der Waals surface area contributed by atoms with Gasteiger partial charge in [0, 0.05) is 22.3 Å². The summed E-state index contributed by atoms with van der Waals surface area (Å²) < 4.78 is 15.2. The van der Waals surface area contributed by atoms with E-state index in [0.717, 1.165) is 5.56 Å². The molecule has 0 aliphatic carbocycles. The molecule has 0 saturated carbocycles. The first kappa shape index (κ1) is 16.5. The molecule has 122 valence electrons. The smallest absolute Gasteiger partial charge is 0.259 e. The Morgan fingerprint density at radius 2 is 1.96 bits per heavy atom. The van der Waals surface area contributed by atoms with Crippen LogP contribution in [0.1, 0.15) is 15.9 Å². The van der Waals surface area contributed by atoms with Gasteiger partial charge >= 0.3 is 0 Å². The highest BCUT2D eigenvalue weighted by atomic mass is 35.5. The monoisotopic (exact) mass is 363 g/mol. The second-order valence-corrected chi connectivity index (χ2v) is 5.91. The van der Waals surface area contributed by atoms with Crippen molar-refractivity contribution in [2.75, 3.05) is 5.32 Å². The number of carbonyl (C=O) groups excluding carboxylic acids is 1. The van der Waals surface area contributed by atoms with E-state index in [4.69, 9.17) is 23.2 Å². The van der Waals surface area contributed by atoms with Crippen molar-refractivity contribution in [3.63, 3.8) is 0 Å². The minimum Gasteiger partial charge on any atom is -0.305 e. The van der Waals surface area contributed by atoms with E-state index in [-0.39, 0.29) is 5.56 Å². The van der Waals surface area contributed by atoms with E-state index in [1.54, 1.807) is 35.1 Å². The summed E-state index contributed by atoms with van der Waals surface area (Å²) in [5.74, 6) is -0.807. The molecule has 0 atom stereocenters. The van der Waals surface area contributed by atoms with E-state index in [2.05, 4.69) is 10.4 Å². The lowest BCUT2D eigenvalue weighted by Gasteiger charge is -2.05. The standard InChI is InChI=1S/C17H12Cl2FN3O/c18-12-6-5-11(14(19)9-12)10-23-8-7-16(22-23)21-17(24)13-3-1-2-4-15(13)20/h1-9H,10H2,(H,21,22,24). The van der Waals surface area contributed by atoms with Gasteiger partial charge in [0.2, 0.25) is 0 Å². The first-order valence-corrected chi connectivity index (χ1v) is 7.82. The van der Waals surface area contributed by atoms with Crippen molar-refractivity contribution in [2.45, 2.75) is 6.54 Å². The topological polar surface area (TPSA) is 46.9 Å². The predicted molar refractivity (Wildman–Crippen MR) is 92.1 cm³/mol. The van der Waals surface area contributed by atoms with Crippen LogP contribution in [0.15, 0.2) is 54.7 Å². The summed E-state index contributed by atoms with van der Waals surface area (Å²) in [6.07, 6.45) is 1.70. The van der Waals surface area contributed by atoms with Crippen LogP contribution in [0.5, 0.6) is 0 Å². The minimum absolute atomic E-state index is 0.0344. The molecule has 0 bridgehead atoms. The van der Waals surface area contributed by atoms with E-state index in [9.17, 15) is 9.18 Å². The lowest BCUT2D eigenvalue weighted by Crippen LogP contribution is -2.14. The molecule has 3 rings (SSSR count). The summed E-state index contributed by atoms with van der Waals surface area (Å²) in [5, 5.41) is 7.89. The van der Waals surface area contributed by atoms with Crippen LogP contribution in [-0.4, -0.2) is 15.7 Å². The van der Waals surface area contributed by atoms with Gasteiger partial charge in [0.15, 0.2) is 5.82 Å². The Hall–Kier alpha value is -2.37. The number of amides is 1. The fraction of sp³-hybridized carbons (Fsp3) is 0.0588. The molecule has 0 aliphatic heterocycles. The zero-order valence-corrected chi connectivity index (χ0v) is 13.9. The maximum absolute atomic E-state index is 13.6. The summed E-state index contributed by atoms with van der Waals surface area (Å²) in [6, 6.07) is 12.6. The third-order valence-electron chi connectivity index (χ3n) is 3.35. The van der Waals surface area contributed by atoms with Crippen molar-refractivity contribution >= 4 is 34.9 Å². The van der Waals surface area contributed by atoms with E-state index in [1.807, 2.05) is 6.07 Å². The van der Waals surface area contributed by atoms with E-state index >= 15 is 0 Å². The van der Waals surface area contributed by atoms with Gasteiger partial charge in [0.05, 0.1) is 12.1 Å². The number of nitrogens with one attached hydrogen (secondary N) is 1. The van der Waals surface area contributed by atoms with Gasteiger partial charge in [0.25, 0.3) is 5.91 Å². The molecule has 0 saturated heterocycles. The highest BCUT2D eigenvalue weighted by Gasteiger charge is 2.12. The Balaban J connectivity index is 1.72. The molecular formula is C17H12Cl2FN3O. The Morgan fingerprint density at radius 3 is 2.71 bits per heavy atom. The van der Waals surface area contributed by atoms with Crippen LogP contribution in [0.4, 0.5) is 10.2 Å². The molecule has 2 aromatic carbocycles. The molecule has 0 spiro atoms. The van der Waals surface area contributed by atoms with Crippen LogP contribution in [0.3, 0.4) is 0 Å². The van der Waals surface area contributed by atoms with Gasteiger partial charge in [0.1, 0.15) is 5.82 Å². The Morgan fingerprint density at radius 1 is 1.17 bits per heavy atom. The van der Waals surface area contributed by atoms with Crippen molar-refractivity contribution in [1.82, 2.24) is 9.78 Å². The molecule has 0 fully saturated rings. The van der Waals surface area contributed by atoms with Crippen molar-refractivity contribution in [3.05, 3.63) is 81.7 Å². The maximum atomic E-state index is 13.6. The van der Waals surface area contributed by atoms with Gasteiger partial charge in [-0.05, 0) is 29.8 Å². The van der Waals surface area contributed by atoms with Crippen molar-refractivity contribution in [3.8, 4) is 0 Å². The van der Waals surface area contributed by atoms with Crippen molar-refractivity contribution < 1.29 is 9.18 Å². The normalized spacial score (nSPS) is 10.6. The molecule has 3 aromatic rings. The summed E-state index contributed by atoms with van der Waals surface area (Å²) >= 11 is 12.0. The molecule has 24 heavy (non-hydrogen) atoms. The van der Waals surface area contributed by atoms with Crippen LogP contribution < -0.4 is 5.32 Å². The second-order valence-electron chi connectivity index (χ2n) is 5.07. The summed E-state index contributed by atoms with van der Waals surface area (Å²) in [6.45, 7) is 0.422. The van der Waals surface area contributed by atoms with Crippen LogP contribution >= 0.6 is 23.2 Å². The third-order valence-corrected chi connectivity index (χ3v) is 3.94. The molecule has 0 radical (unpaired) electrons. The molecule has 4 nitrogen and oxygen atoms in total. The average Bonchev–Trinajstić information content (AvgIpc) is 2.97. The minimum atomic E-state index is -0.581. The number of hydrogen-bond acceptors (Lipinski definition) is 2. The SMILES string of the molecule is O=C(Nc1ccn(Cc2ccc(Cl)cc2Cl)n1)c1ccccc1F. The Labute approximate surface area is 147 Å². The Kier molecular flexibility index (Phi) is 4.83. The fourth-order valence-electron chi connectivity index (χ4n) is 2.17. The highest BCUT2D eigenvalue weighted by molar-refractivity contribution is 6.35. The van der Waals surface area contributed by atoms with Crippen molar-refractivity contribution in [2.24, 2.45) is 0 Å². The molecule has 1 aromatic heterocycles. The molecule has 7 heteroatoms. The van der Waals surface area contributed by atoms with Gasteiger partial charge < -0.3 is 5.32 Å². The maximum Gasteiger partial charge on any atom is 0.259 e. The lowest BCUT2D eigenvalue weighted by molar-refractivity contribution is 0.102. The average molecular weight is 364 g/mol. The van der Waals surface area contributed by atoms with Crippen LogP contribution in [0.2, 0.25) is 10.0 Å². The largest absolute Gasteiger partial charge is 0.305 e. The number of hydrogen-bond donors (Lipinski definition) is 1. The molecular weight excluding hydrogens is 352 g/mol. The van der Waals surface area contributed by atoms with Gasteiger partial charge in [-0.15, -0.1) is 0 Å². The third kappa shape index (κ3) is 3.75. The number of rotatable bonds is 4. The second kappa shape index (κ2) is 7.03. The first-order valence-electron chi connectivity index (χ1n) is 7.06. The summed E-state index contributed by atoms with van der Waals surface area (Å²) in [7, 11) is 0. The number of carbonyl (C=O) groups is 1. The predicted octanol–water partition coefficient (Wildman–Crippen LogP) is 4.63. The Bertz CT molecular complexity index is 895. The number of halogens is 3. The first-order chi connectivity index (χ1) is 11.5. The molecule has 1 N–H and O–H groups in total. The van der Waals surface area contributed by atoms with Crippen molar-refractivity contribution in [1.29, 1.82) is 0 Å². The number of benzene rings is 2. The van der Waals surface area contributed by atoms with Crippen LogP contribution in [0.25, 0.3) is 0 Å². The number of anilines is 1. The summed E-state index contributed by atoms with van der Waals surface area (Å²) in [4.78, 5) is 12.1. The van der Waals surface area contributed by atoms with Gasteiger partial charge in [-0.25, -0.2) is 4.39 Å². The zero-order chi connectivity index (χ0) is 17.1. The van der Waals surface area contributed by atoms with E-state index in [1.165, 1.54) is 18.2 Å². The fourth-order valence-corrected chi connectivity index (χ4v) is 2.64. The zero-order valence-electron chi connectivity index (χ0n) is 12.3. The quantitative estimate of drug-likeness (QED) is 0.734.